The van der Waals surface area contributed by atoms with E-state index in [2.05, 4.69) is 16.0 Å². The van der Waals surface area contributed by atoms with Gasteiger partial charge in [0.1, 0.15) is 6.17 Å². The quantitative estimate of drug-likeness (QED) is 0.178. The van der Waals surface area contributed by atoms with Crippen molar-refractivity contribution in [3.8, 4) is 0 Å². The van der Waals surface area contributed by atoms with Crippen LogP contribution in [0.3, 0.4) is 0 Å². The molecule has 0 unspecified atom stereocenters. The van der Waals surface area contributed by atoms with Gasteiger partial charge in [0.2, 0.25) is 9.70 Å². The maximum atomic E-state index is 12.0. The summed E-state index contributed by atoms with van der Waals surface area (Å²) in [5.41, 5.74) is 0.340. The van der Waals surface area contributed by atoms with Crippen molar-refractivity contribution < 1.29 is 4.79 Å². The molecule has 11 heteroatoms. The number of halogens is 6. The predicted molar refractivity (Wildman–Crippen MR) is 117 cm³/mol. The number of hydrogen-bond acceptors (Lipinski definition) is 2. The molecule has 0 saturated heterocycles. The minimum absolute atomic E-state index is 0.0568. The molecule has 0 aromatic heterocycles. The number of rotatable bonds is 7. The first-order chi connectivity index (χ1) is 12.0. The van der Waals surface area contributed by atoms with Crippen LogP contribution in [0, 0.1) is 0 Å². The molecule has 4 nitrogen and oxygen atoms in total. The summed E-state index contributed by atoms with van der Waals surface area (Å²) in [4.78, 5) is 12.0. The van der Waals surface area contributed by atoms with Gasteiger partial charge in [-0.05, 0) is 30.8 Å². The van der Waals surface area contributed by atoms with Crippen LogP contribution in [0.25, 0.3) is 0 Å². The number of unbranched alkanes of at least 4 members (excludes halogenated alkanes) is 2. The maximum Gasteiger partial charge on any atom is 0.228 e. The number of anilines is 1. The minimum Gasteiger partial charge on any atom is -0.339 e. The zero-order valence-electron chi connectivity index (χ0n) is 13.6. The Labute approximate surface area is 188 Å². The van der Waals surface area contributed by atoms with Crippen LogP contribution in [-0.4, -0.2) is 21.0 Å². The zero-order valence-corrected chi connectivity index (χ0v) is 19.0. The number of alkyl halides is 3. The van der Waals surface area contributed by atoms with Crippen molar-refractivity contribution in [3.63, 3.8) is 0 Å². The molecule has 26 heavy (non-hydrogen) atoms. The Morgan fingerprint density at radius 3 is 2.19 bits per heavy atom. The summed E-state index contributed by atoms with van der Waals surface area (Å²) < 4.78 is -1.83. The van der Waals surface area contributed by atoms with Crippen molar-refractivity contribution >= 4 is 98.5 Å². The Kier molecular flexibility index (Phi) is 10.4. The standard InChI is InChI=1S/C15H17Cl6N3OS/c1-2-3-4-5-11(25)22-13(15(19,20)21)24-14(26)23-12-9(17)6-8(16)7-10(12)18/h6-7,13H,2-5H2,1H3,(H,22,25)(H2,23,24,26)/t13-/m0/s1. The minimum atomic E-state index is -1.83. The van der Waals surface area contributed by atoms with E-state index in [1.165, 1.54) is 12.1 Å². The lowest BCUT2D eigenvalue weighted by Gasteiger charge is -2.28. The number of benzene rings is 1. The number of nitrogens with one attached hydrogen (secondary N) is 3. The van der Waals surface area contributed by atoms with Gasteiger partial charge in [-0.1, -0.05) is 89.4 Å². The van der Waals surface area contributed by atoms with E-state index in [1.807, 2.05) is 6.92 Å². The van der Waals surface area contributed by atoms with E-state index in [1.54, 1.807) is 0 Å². The summed E-state index contributed by atoms with van der Waals surface area (Å²) in [6.07, 6.45) is 1.95. The van der Waals surface area contributed by atoms with Crippen molar-refractivity contribution in [2.45, 2.75) is 42.6 Å². The highest BCUT2D eigenvalue weighted by atomic mass is 35.6. The normalized spacial score (nSPS) is 12.4. The summed E-state index contributed by atoms with van der Waals surface area (Å²) in [5, 5.41) is 9.12. The fraction of sp³-hybridized carbons (Fsp3) is 0.467. The largest absolute Gasteiger partial charge is 0.339 e. The van der Waals surface area contributed by atoms with Crippen LogP contribution in [0.4, 0.5) is 5.69 Å². The van der Waals surface area contributed by atoms with Crippen molar-refractivity contribution in [3.05, 3.63) is 27.2 Å². The molecule has 0 aliphatic heterocycles. The van der Waals surface area contributed by atoms with Gasteiger partial charge in [-0.25, -0.2) is 0 Å². The third-order valence-electron chi connectivity index (χ3n) is 3.16. The van der Waals surface area contributed by atoms with Gasteiger partial charge in [0, 0.05) is 11.4 Å². The first-order valence-corrected chi connectivity index (χ1v) is 10.3. The van der Waals surface area contributed by atoms with E-state index in [9.17, 15) is 4.79 Å². The molecule has 1 aromatic carbocycles. The zero-order chi connectivity index (χ0) is 19.9. The Morgan fingerprint density at radius 1 is 1.12 bits per heavy atom. The van der Waals surface area contributed by atoms with E-state index in [0.717, 1.165) is 19.3 Å². The topological polar surface area (TPSA) is 53.2 Å². The van der Waals surface area contributed by atoms with Crippen molar-refractivity contribution in [2.75, 3.05) is 5.32 Å². The molecule has 1 atom stereocenters. The van der Waals surface area contributed by atoms with E-state index < -0.39 is 9.96 Å². The summed E-state index contributed by atoms with van der Waals surface area (Å²) in [6, 6.07) is 3.00. The fourth-order valence-electron chi connectivity index (χ4n) is 1.91. The summed E-state index contributed by atoms with van der Waals surface area (Å²) >= 11 is 41.0. The first kappa shape index (κ1) is 24.2. The third kappa shape index (κ3) is 8.42. The fourth-order valence-corrected chi connectivity index (χ4v) is 3.37. The van der Waals surface area contributed by atoms with Gasteiger partial charge in [0.05, 0.1) is 15.7 Å². The van der Waals surface area contributed by atoms with E-state index in [-0.39, 0.29) is 21.1 Å². The number of carbonyl (C=O) groups excluding carboxylic acids is 1. The third-order valence-corrected chi connectivity index (χ3v) is 4.85. The lowest BCUT2D eigenvalue weighted by Crippen LogP contribution is -2.56. The van der Waals surface area contributed by atoms with Gasteiger partial charge in [0.25, 0.3) is 0 Å². The molecular formula is C15H17Cl6N3OS. The van der Waals surface area contributed by atoms with Crippen LogP contribution in [0.2, 0.25) is 15.1 Å². The number of hydrogen-bond donors (Lipinski definition) is 3. The lowest BCUT2D eigenvalue weighted by atomic mass is 10.2. The second-order valence-corrected chi connectivity index (χ2v) is 9.37. The maximum absolute atomic E-state index is 12.0. The molecule has 0 bridgehead atoms. The van der Waals surface area contributed by atoms with Gasteiger partial charge in [-0.2, -0.15) is 0 Å². The molecule has 0 aliphatic rings. The molecule has 0 radical (unpaired) electrons. The molecule has 0 fully saturated rings. The SMILES string of the molecule is CCCCCC(=O)N[C@@H](NC(=S)Nc1c(Cl)cc(Cl)cc1Cl)C(Cl)(Cl)Cl. The van der Waals surface area contributed by atoms with Crippen molar-refractivity contribution in [1.29, 1.82) is 0 Å². The van der Waals surface area contributed by atoms with Crippen LogP contribution in [-0.2, 0) is 4.79 Å². The second-order valence-electron chi connectivity index (χ2n) is 5.34. The molecule has 1 amide bonds. The molecule has 1 aromatic rings. The molecule has 146 valence electrons. The predicted octanol–water partition coefficient (Wildman–Crippen LogP) is 6.33. The van der Waals surface area contributed by atoms with Crippen LogP contribution >= 0.6 is 81.8 Å². The summed E-state index contributed by atoms with van der Waals surface area (Å²) in [5.74, 6) is -0.257. The van der Waals surface area contributed by atoms with Crippen molar-refractivity contribution in [2.24, 2.45) is 0 Å². The Balaban J connectivity index is 2.76. The van der Waals surface area contributed by atoms with E-state index >= 15 is 0 Å². The number of amides is 1. The second kappa shape index (κ2) is 11.2. The highest BCUT2D eigenvalue weighted by Crippen LogP contribution is 2.34. The summed E-state index contributed by atoms with van der Waals surface area (Å²) in [6.45, 7) is 2.04. The molecule has 0 saturated carbocycles. The average Bonchev–Trinajstić information content (AvgIpc) is 2.49. The van der Waals surface area contributed by atoms with Gasteiger partial charge in [-0.3, -0.25) is 4.79 Å². The van der Waals surface area contributed by atoms with Crippen LogP contribution in [0.5, 0.6) is 0 Å². The van der Waals surface area contributed by atoms with E-state index in [0.29, 0.717) is 17.1 Å². The molecule has 1 rings (SSSR count). The van der Waals surface area contributed by atoms with Gasteiger partial charge in [-0.15, -0.1) is 0 Å². The monoisotopic (exact) mass is 497 g/mol. The molecular weight excluding hydrogens is 483 g/mol. The van der Waals surface area contributed by atoms with Gasteiger partial charge < -0.3 is 16.0 Å². The Morgan fingerprint density at radius 2 is 1.69 bits per heavy atom. The average molecular weight is 500 g/mol. The Hall–Kier alpha value is 0.120. The molecule has 0 aliphatic carbocycles. The van der Waals surface area contributed by atoms with Crippen LogP contribution < -0.4 is 16.0 Å². The van der Waals surface area contributed by atoms with Crippen LogP contribution in [0.1, 0.15) is 32.6 Å². The number of thiocarbonyl (C=S) groups is 1. The lowest BCUT2D eigenvalue weighted by molar-refractivity contribution is -0.122. The molecule has 0 heterocycles. The highest BCUT2D eigenvalue weighted by molar-refractivity contribution is 7.80. The smallest absolute Gasteiger partial charge is 0.228 e. The Bertz CT molecular complexity index is 630. The van der Waals surface area contributed by atoms with E-state index in [4.69, 9.17) is 81.8 Å². The highest BCUT2D eigenvalue weighted by Gasteiger charge is 2.34. The van der Waals surface area contributed by atoms with Gasteiger partial charge >= 0.3 is 0 Å². The van der Waals surface area contributed by atoms with Crippen molar-refractivity contribution in [1.82, 2.24) is 10.6 Å². The molecule has 0 spiro atoms. The first-order valence-electron chi connectivity index (χ1n) is 7.62. The number of carbonyl (C=O) groups is 1. The summed E-state index contributed by atoms with van der Waals surface area (Å²) in [7, 11) is 0. The van der Waals surface area contributed by atoms with Gasteiger partial charge in [0.15, 0.2) is 5.11 Å². The van der Waals surface area contributed by atoms with Crippen LogP contribution in [0.15, 0.2) is 12.1 Å². The molecule has 3 N–H and O–H groups in total.